The second kappa shape index (κ2) is 12.0. The molecule has 1 fully saturated rings. The molecule has 0 aliphatic heterocycles. The SMILES string of the molecule is CCCCCc1ccc(-c2ccc(CC[C@H]3CC[C@H](CCCF)CC3)nn2)cc1. The molecule has 158 valence electrons. The van der Waals surface area contributed by atoms with Gasteiger partial charge in [-0.2, -0.15) is 10.2 Å². The second-order valence-electron chi connectivity index (χ2n) is 8.82. The molecular weight excluding hydrogens is 359 g/mol. The van der Waals surface area contributed by atoms with Crippen LogP contribution in [0, 0.1) is 11.8 Å². The van der Waals surface area contributed by atoms with Crippen LogP contribution in [0.2, 0.25) is 0 Å². The Kier molecular flexibility index (Phi) is 9.11. The van der Waals surface area contributed by atoms with E-state index in [0.29, 0.717) is 0 Å². The van der Waals surface area contributed by atoms with E-state index < -0.39 is 0 Å². The molecule has 1 heterocycles. The van der Waals surface area contributed by atoms with Crippen molar-refractivity contribution in [1.29, 1.82) is 0 Å². The average Bonchev–Trinajstić information content (AvgIpc) is 2.78. The molecule has 0 bridgehead atoms. The second-order valence-corrected chi connectivity index (χ2v) is 8.82. The average molecular weight is 397 g/mol. The van der Waals surface area contributed by atoms with Gasteiger partial charge in [0.25, 0.3) is 0 Å². The highest BCUT2D eigenvalue weighted by atomic mass is 19.1. The molecule has 1 aromatic carbocycles. The normalized spacial score (nSPS) is 19.4. The van der Waals surface area contributed by atoms with Crippen LogP contribution in [0.1, 0.15) is 82.4 Å². The molecule has 3 rings (SSSR count). The Morgan fingerprint density at radius 1 is 0.793 bits per heavy atom. The van der Waals surface area contributed by atoms with Crippen molar-refractivity contribution in [2.75, 3.05) is 6.67 Å². The summed E-state index contributed by atoms with van der Waals surface area (Å²) >= 11 is 0. The topological polar surface area (TPSA) is 25.8 Å². The van der Waals surface area contributed by atoms with Gasteiger partial charge in [-0.3, -0.25) is 4.39 Å². The largest absolute Gasteiger partial charge is 0.251 e. The first kappa shape index (κ1) is 21.9. The summed E-state index contributed by atoms with van der Waals surface area (Å²) < 4.78 is 12.3. The number of aromatic nitrogens is 2. The Hall–Kier alpha value is -1.77. The van der Waals surface area contributed by atoms with E-state index in [-0.39, 0.29) is 6.67 Å². The van der Waals surface area contributed by atoms with Gasteiger partial charge >= 0.3 is 0 Å². The highest BCUT2D eigenvalue weighted by molar-refractivity contribution is 5.58. The third-order valence-corrected chi connectivity index (χ3v) is 6.56. The molecule has 0 unspecified atom stereocenters. The number of halogens is 1. The first-order valence-electron chi connectivity index (χ1n) is 11.8. The lowest BCUT2D eigenvalue weighted by Crippen LogP contribution is -2.15. The van der Waals surface area contributed by atoms with E-state index in [9.17, 15) is 4.39 Å². The van der Waals surface area contributed by atoms with Crippen molar-refractivity contribution in [2.24, 2.45) is 11.8 Å². The first-order valence-corrected chi connectivity index (χ1v) is 11.8. The number of hydrogen-bond acceptors (Lipinski definition) is 2. The molecular formula is C26H37FN2. The molecule has 0 atom stereocenters. The van der Waals surface area contributed by atoms with Gasteiger partial charge in [0.1, 0.15) is 0 Å². The highest BCUT2D eigenvalue weighted by Gasteiger charge is 2.20. The third-order valence-electron chi connectivity index (χ3n) is 6.56. The fraction of sp³-hybridized carbons (Fsp3) is 0.615. The molecule has 0 radical (unpaired) electrons. The monoisotopic (exact) mass is 396 g/mol. The van der Waals surface area contributed by atoms with E-state index in [1.807, 2.05) is 0 Å². The van der Waals surface area contributed by atoms with Crippen LogP contribution in [-0.4, -0.2) is 16.9 Å². The molecule has 1 saturated carbocycles. The Bertz CT molecular complexity index is 688. The minimum Gasteiger partial charge on any atom is -0.251 e. The molecule has 0 spiro atoms. The minimum atomic E-state index is -0.155. The van der Waals surface area contributed by atoms with E-state index in [1.54, 1.807) is 0 Å². The van der Waals surface area contributed by atoms with Gasteiger partial charge in [-0.05, 0) is 68.1 Å². The van der Waals surface area contributed by atoms with Crippen LogP contribution in [0.25, 0.3) is 11.3 Å². The number of rotatable bonds is 11. The van der Waals surface area contributed by atoms with Crippen molar-refractivity contribution in [2.45, 2.75) is 84.0 Å². The predicted octanol–water partition coefficient (Wildman–Crippen LogP) is 7.37. The lowest BCUT2D eigenvalue weighted by Gasteiger charge is -2.28. The summed E-state index contributed by atoms with van der Waals surface area (Å²) in [7, 11) is 0. The molecule has 2 nitrogen and oxygen atoms in total. The molecule has 29 heavy (non-hydrogen) atoms. The Morgan fingerprint density at radius 2 is 1.52 bits per heavy atom. The van der Waals surface area contributed by atoms with Crippen molar-refractivity contribution in [1.82, 2.24) is 10.2 Å². The summed E-state index contributed by atoms with van der Waals surface area (Å²) in [6.07, 6.45) is 14.2. The Labute approximate surface area is 176 Å². The summed E-state index contributed by atoms with van der Waals surface area (Å²) in [5, 5.41) is 8.96. The molecule has 0 amide bonds. The number of nitrogens with zero attached hydrogens (tertiary/aromatic N) is 2. The first-order chi connectivity index (χ1) is 14.3. The molecule has 2 aromatic rings. The van der Waals surface area contributed by atoms with Gasteiger partial charge in [0, 0.05) is 5.56 Å². The maximum atomic E-state index is 12.3. The zero-order chi connectivity index (χ0) is 20.3. The molecule has 0 N–H and O–H groups in total. The van der Waals surface area contributed by atoms with Gasteiger partial charge < -0.3 is 0 Å². The van der Waals surface area contributed by atoms with E-state index in [0.717, 1.165) is 54.5 Å². The maximum absolute atomic E-state index is 12.3. The van der Waals surface area contributed by atoms with Gasteiger partial charge in [0.2, 0.25) is 0 Å². The Morgan fingerprint density at radius 3 is 2.14 bits per heavy atom. The standard InChI is InChI=1S/C26H37FN2/c1-2-3-4-6-21-12-15-24(16-13-21)26-19-18-25(28-29-26)17-14-23-10-8-22(9-11-23)7-5-20-27/h12-13,15-16,18-19,22-23H,2-11,14,17,20H2,1H3/t22-,23-. The summed E-state index contributed by atoms with van der Waals surface area (Å²) in [5.74, 6) is 1.57. The van der Waals surface area contributed by atoms with Crippen LogP contribution in [-0.2, 0) is 12.8 Å². The molecule has 1 aromatic heterocycles. The minimum absolute atomic E-state index is 0.155. The lowest BCUT2D eigenvalue weighted by molar-refractivity contribution is 0.244. The number of unbranched alkanes of at least 4 members (excludes halogenated alkanes) is 2. The van der Waals surface area contributed by atoms with E-state index in [2.05, 4.69) is 53.5 Å². The number of benzene rings is 1. The van der Waals surface area contributed by atoms with Crippen LogP contribution in [0.3, 0.4) is 0 Å². The van der Waals surface area contributed by atoms with E-state index in [4.69, 9.17) is 0 Å². The maximum Gasteiger partial charge on any atom is 0.0929 e. The molecule has 1 aliphatic carbocycles. The predicted molar refractivity (Wildman–Crippen MR) is 120 cm³/mol. The smallest absolute Gasteiger partial charge is 0.0929 e. The fourth-order valence-electron chi connectivity index (χ4n) is 4.60. The van der Waals surface area contributed by atoms with Crippen molar-refractivity contribution in [3.05, 3.63) is 47.7 Å². The van der Waals surface area contributed by atoms with Crippen molar-refractivity contribution in [3.63, 3.8) is 0 Å². The number of hydrogen-bond donors (Lipinski definition) is 0. The fourth-order valence-corrected chi connectivity index (χ4v) is 4.60. The van der Waals surface area contributed by atoms with Crippen molar-refractivity contribution >= 4 is 0 Å². The van der Waals surface area contributed by atoms with Crippen LogP contribution in [0.4, 0.5) is 4.39 Å². The summed E-state index contributed by atoms with van der Waals surface area (Å²) in [6.45, 7) is 2.09. The molecule has 3 heteroatoms. The summed E-state index contributed by atoms with van der Waals surface area (Å²) in [6, 6.07) is 13.1. The van der Waals surface area contributed by atoms with Crippen LogP contribution < -0.4 is 0 Å². The Balaban J connectivity index is 1.43. The quantitative estimate of drug-likeness (QED) is 0.371. The van der Waals surface area contributed by atoms with Crippen LogP contribution >= 0.6 is 0 Å². The van der Waals surface area contributed by atoms with Gasteiger partial charge in [-0.25, -0.2) is 0 Å². The van der Waals surface area contributed by atoms with E-state index in [1.165, 1.54) is 56.9 Å². The zero-order valence-electron chi connectivity index (χ0n) is 18.1. The van der Waals surface area contributed by atoms with Crippen LogP contribution in [0.15, 0.2) is 36.4 Å². The van der Waals surface area contributed by atoms with Gasteiger partial charge in [-0.1, -0.05) is 69.7 Å². The van der Waals surface area contributed by atoms with Gasteiger partial charge in [-0.15, -0.1) is 0 Å². The van der Waals surface area contributed by atoms with Crippen LogP contribution in [0.5, 0.6) is 0 Å². The van der Waals surface area contributed by atoms with E-state index >= 15 is 0 Å². The lowest BCUT2D eigenvalue weighted by atomic mass is 9.78. The van der Waals surface area contributed by atoms with Gasteiger partial charge in [0.15, 0.2) is 0 Å². The molecule has 0 saturated heterocycles. The number of alkyl halides is 1. The summed E-state index contributed by atoms with van der Waals surface area (Å²) in [5.41, 5.74) is 4.62. The van der Waals surface area contributed by atoms with Crippen molar-refractivity contribution in [3.8, 4) is 11.3 Å². The highest BCUT2D eigenvalue weighted by Crippen LogP contribution is 2.33. The van der Waals surface area contributed by atoms with Gasteiger partial charge in [0.05, 0.1) is 18.1 Å². The molecule has 1 aliphatic rings. The zero-order valence-corrected chi connectivity index (χ0v) is 18.1. The summed E-state index contributed by atoms with van der Waals surface area (Å²) in [4.78, 5) is 0. The number of aryl methyl sites for hydroxylation is 2. The third kappa shape index (κ3) is 7.21. The van der Waals surface area contributed by atoms with Crippen molar-refractivity contribution < 1.29 is 4.39 Å².